The Morgan fingerprint density at radius 2 is 2.29 bits per heavy atom. The number of hydrogen-bond acceptors (Lipinski definition) is 3. The SMILES string of the molecule is CC(C)OC(C)(C(=O)O)c1cccs1. The minimum absolute atomic E-state index is 0.113. The Morgan fingerprint density at radius 3 is 2.64 bits per heavy atom. The predicted octanol–water partition coefficient (Wildman–Crippen LogP) is 2.47. The van der Waals surface area contributed by atoms with Crippen LogP contribution in [0.5, 0.6) is 0 Å². The molecule has 0 bridgehead atoms. The van der Waals surface area contributed by atoms with Crippen molar-refractivity contribution in [3.8, 4) is 0 Å². The van der Waals surface area contributed by atoms with Crippen molar-refractivity contribution in [3.63, 3.8) is 0 Å². The maximum absolute atomic E-state index is 11.1. The first-order valence-corrected chi connectivity index (χ1v) is 5.30. The molecule has 1 N–H and O–H groups in total. The van der Waals surface area contributed by atoms with Gasteiger partial charge in [0.15, 0.2) is 5.60 Å². The molecule has 1 heterocycles. The predicted molar refractivity (Wildman–Crippen MR) is 55.5 cm³/mol. The maximum atomic E-state index is 11.1. The van der Waals surface area contributed by atoms with Gasteiger partial charge in [0.25, 0.3) is 0 Å². The first-order valence-electron chi connectivity index (χ1n) is 4.42. The van der Waals surface area contributed by atoms with E-state index in [1.807, 2.05) is 25.3 Å². The van der Waals surface area contributed by atoms with Crippen molar-refractivity contribution in [3.05, 3.63) is 22.4 Å². The summed E-state index contributed by atoms with van der Waals surface area (Å²) < 4.78 is 5.45. The average Bonchev–Trinajstić information content (AvgIpc) is 2.53. The van der Waals surface area contributed by atoms with Crippen molar-refractivity contribution in [2.75, 3.05) is 0 Å². The summed E-state index contributed by atoms with van der Waals surface area (Å²) >= 11 is 1.39. The van der Waals surface area contributed by atoms with Crippen molar-refractivity contribution < 1.29 is 14.6 Å². The Bertz CT molecular complexity index is 305. The van der Waals surface area contributed by atoms with Gasteiger partial charge in [-0.25, -0.2) is 4.79 Å². The number of carbonyl (C=O) groups is 1. The molecule has 0 aliphatic rings. The molecule has 0 spiro atoms. The molecule has 4 heteroatoms. The van der Waals surface area contributed by atoms with Crippen LogP contribution in [0, 0.1) is 0 Å². The summed E-state index contributed by atoms with van der Waals surface area (Å²) in [5, 5.41) is 11.0. The van der Waals surface area contributed by atoms with Gasteiger partial charge in [-0.15, -0.1) is 11.3 Å². The Labute approximate surface area is 87.3 Å². The Balaban J connectivity index is 2.99. The van der Waals surface area contributed by atoms with Crippen molar-refractivity contribution in [1.82, 2.24) is 0 Å². The molecular formula is C10H14O3S. The fourth-order valence-electron chi connectivity index (χ4n) is 1.24. The van der Waals surface area contributed by atoms with E-state index in [2.05, 4.69) is 0 Å². The second kappa shape index (κ2) is 4.11. The van der Waals surface area contributed by atoms with Crippen molar-refractivity contribution in [1.29, 1.82) is 0 Å². The van der Waals surface area contributed by atoms with Gasteiger partial charge in [0, 0.05) is 4.88 Å². The number of ether oxygens (including phenoxy) is 1. The molecule has 0 aliphatic heterocycles. The molecule has 0 saturated heterocycles. The first kappa shape index (κ1) is 11.2. The molecular weight excluding hydrogens is 200 g/mol. The van der Waals surface area contributed by atoms with E-state index < -0.39 is 11.6 Å². The molecule has 0 aromatic carbocycles. The van der Waals surface area contributed by atoms with Gasteiger partial charge in [-0.3, -0.25) is 0 Å². The number of carboxylic acids is 1. The number of thiophene rings is 1. The van der Waals surface area contributed by atoms with E-state index in [-0.39, 0.29) is 6.10 Å². The Kier molecular flexibility index (Phi) is 3.29. The zero-order valence-corrected chi connectivity index (χ0v) is 9.30. The standard InChI is InChI=1S/C10H14O3S/c1-7(2)13-10(3,9(11)12)8-5-4-6-14-8/h4-7H,1-3H3,(H,11,12). The lowest BCUT2D eigenvalue weighted by atomic mass is 10.1. The smallest absolute Gasteiger partial charge is 0.341 e. The van der Waals surface area contributed by atoms with Crippen molar-refractivity contribution in [2.45, 2.75) is 32.5 Å². The molecule has 1 atom stereocenters. The molecule has 3 nitrogen and oxygen atoms in total. The van der Waals surface area contributed by atoms with Crippen LogP contribution in [-0.4, -0.2) is 17.2 Å². The highest BCUT2D eigenvalue weighted by atomic mass is 32.1. The van der Waals surface area contributed by atoms with E-state index in [0.29, 0.717) is 0 Å². The van der Waals surface area contributed by atoms with E-state index in [0.717, 1.165) is 4.88 Å². The number of rotatable bonds is 4. The van der Waals surface area contributed by atoms with Crippen LogP contribution in [0.25, 0.3) is 0 Å². The van der Waals surface area contributed by atoms with Gasteiger partial charge >= 0.3 is 5.97 Å². The molecule has 0 amide bonds. The summed E-state index contributed by atoms with van der Waals surface area (Å²) in [7, 11) is 0. The topological polar surface area (TPSA) is 46.5 Å². The molecule has 1 rings (SSSR count). The van der Waals surface area contributed by atoms with Gasteiger partial charge in [-0.05, 0) is 32.2 Å². The molecule has 0 aliphatic carbocycles. The van der Waals surface area contributed by atoms with Gasteiger partial charge in [-0.2, -0.15) is 0 Å². The van der Waals surface area contributed by atoms with E-state index in [1.165, 1.54) is 11.3 Å². The zero-order valence-electron chi connectivity index (χ0n) is 8.48. The van der Waals surface area contributed by atoms with E-state index in [1.54, 1.807) is 13.0 Å². The molecule has 0 fully saturated rings. The monoisotopic (exact) mass is 214 g/mol. The highest BCUT2D eigenvalue weighted by Crippen LogP contribution is 2.30. The molecule has 1 aromatic rings. The lowest BCUT2D eigenvalue weighted by Crippen LogP contribution is -2.36. The van der Waals surface area contributed by atoms with Crippen LogP contribution < -0.4 is 0 Å². The summed E-state index contributed by atoms with van der Waals surface area (Å²) in [4.78, 5) is 11.9. The van der Waals surface area contributed by atoms with Crippen LogP contribution in [0.15, 0.2) is 17.5 Å². The molecule has 0 radical (unpaired) electrons. The fourth-order valence-corrected chi connectivity index (χ4v) is 2.06. The Hall–Kier alpha value is -0.870. The summed E-state index contributed by atoms with van der Waals surface area (Å²) in [5.74, 6) is -0.950. The minimum atomic E-state index is -1.22. The number of aliphatic carboxylic acids is 1. The molecule has 78 valence electrons. The van der Waals surface area contributed by atoms with Gasteiger partial charge in [-0.1, -0.05) is 6.07 Å². The van der Waals surface area contributed by atoms with Crippen molar-refractivity contribution in [2.24, 2.45) is 0 Å². The summed E-state index contributed by atoms with van der Waals surface area (Å²) in [6.45, 7) is 5.24. The summed E-state index contributed by atoms with van der Waals surface area (Å²) in [6, 6.07) is 3.60. The van der Waals surface area contributed by atoms with Gasteiger partial charge in [0.1, 0.15) is 0 Å². The minimum Gasteiger partial charge on any atom is -0.479 e. The molecule has 14 heavy (non-hydrogen) atoms. The molecule has 1 aromatic heterocycles. The normalized spacial score (nSPS) is 15.4. The summed E-state index contributed by atoms with van der Waals surface area (Å²) in [5.41, 5.74) is -1.22. The van der Waals surface area contributed by atoms with E-state index >= 15 is 0 Å². The van der Waals surface area contributed by atoms with Crippen LogP contribution in [0.1, 0.15) is 25.6 Å². The third-order valence-electron chi connectivity index (χ3n) is 1.87. The third-order valence-corrected chi connectivity index (χ3v) is 2.94. The highest BCUT2D eigenvalue weighted by molar-refractivity contribution is 7.10. The van der Waals surface area contributed by atoms with Crippen LogP contribution in [0.2, 0.25) is 0 Å². The van der Waals surface area contributed by atoms with Gasteiger partial charge in [0.2, 0.25) is 0 Å². The Morgan fingerprint density at radius 1 is 1.64 bits per heavy atom. The number of hydrogen-bond donors (Lipinski definition) is 1. The lowest BCUT2D eigenvalue weighted by molar-refractivity contribution is -0.170. The third kappa shape index (κ3) is 2.13. The first-order chi connectivity index (χ1) is 6.47. The second-order valence-electron chi connectivity index (χ2n) is 3.48. The summed E-state index contributed by atoms with van der Waals surface area (Å²) in [6.07, 6.45) is -0.113. The lowest BCUT2D eigenvalue weighted by Gasteiger charge is -2.26. The maximum Gasteiger partial charge on any atom is 0.341 e. The molecule has 0 saturated carbocycles. The fraction of sp³-hybridized carbons (Fsp3) is 0.500. The second-order valence-corrected chi connectivity index (χ2v) is 4.43. The van der Waals surface area contributed by atoms with Crippen molar-refractivity contribution >= 4 is 17.3 Å². The zero-order chi connectivity index (χ0) is 10.8. The van der Waals surface area contributed by atoms with Gasteiger partial charge < -0.3 is 9.84 Å². The molecule has 1 unspecified atom stereocenters. The average molecular weight is 214 g/mol. The van der Waals surface area contributed by atoms with Crippen LogP contribution >= 0.6 is 11.3 Å². The quantitative estimate of drug-likeness (QED) is 0.837. The largest absolute Gasteiger partial charge is 0.479 e. The highest BCUT2D eigenvalue weighted by Gasteiger charge is 2.38. The van der Waals surface area contributed by atoms with E-state index in [4.69, 9.17) is 9.84 Å². The van der Waals surface area contributed by atoms with Crippen LogP contribution in [0.3, 0.4) is 0 Å². The van der Waals surface area contributed by atoms with Gasteiger partial charge in [0.05, 0.1) is 6.10 Å². The van der Waals surface area contributed by atoms with Crippen LogP contribution in [0.4, 0.5) is 0 Å². The van der Waals surface area contributed by atoms with E-state index in [9.17, 15) is 4.79 Å². The number of carboxylic acid groups (broad SMARTS) is 1. The van der Waals surface area contributed by atoms with Crippen LogP contribution in [-0.2, 0) is 15.1 Å².